The highest BCUT2D eigenvalue weighted by molar-refractivity contribution is 7.99. The van der Waals surface area contributed by atoms with Gasteiger partial charge in [-0.15, -0.1) is 11.3 Å². The molecule has 0 fully saturated rings. The van der Waals surface area contributed by atoms with Crippen molar-refractivity contribution < 1.29 is 9.32 Å². The van der Waals surface area contributed by atoms with Crippen molar-refractivity contribution in [2.24, 2.45) is 0 Å². The van der Waals surface area contributed by atoms with E-state index < -0.39 is 0 Å². The molecule has 0 aliphatic rings. The number of fused-ring (bicyclic) bond motifs is 1. The molecule has 1 N–H and O–H groups in total. The first kappa shape index (κ1) is 21.3. The third-order valence-corrected chi connectivity index (χ3v) is 6.86. The normalized spacial score (nSPS) is 11.2. The van der Waals surface area contributed by atoms with Gasteiger partial charge in [0.1, 0.15) is 4.83 Å². The van der Waals surface area contributed by atoms with E-state index in [1.165, 1.54) is 23.1 Å². The molecule has 9 heteroatoms. The molecule has 3 heterocycles. The van der Waals surface area contributed by atoms with Crippen LogP contribution in [0, 0.1) is 6.92 Å². The number of nitrogens with zero attached hydrogens (tertiary/aromatic N) is 3. The topological polar surface area (TPSA) is 90.0 Å². The predicted molar refractivity (Wildman–Crippen MR) is 124 cm³/mol. The van der Waals surface area contributed by atoms with Crippen molar-refractivity contribution in [3.8, 4) is 0 Å². The molecule has 160 valence electrons. The average Bonchev–Trinajstić information content (AvgIpc) is 3.38. The van der Waals surface area contributed by atoms with Crippen LogP contribution in [0.4, 0.5) is 5.88 Å². The molecule has 7 nitrogen and oxygen atoms in total. The Kier molecular flexibility index (Phi) is 6.53. The number of carbonyl (C=O) groups is 1. The molecule has 4 aromatic rings. The fourth-order valence-electron chi connectivity index (χ4n) is 3.14. The van der Waals surface area contributed by atoms with E-state index >= 15 is 0 Å². The monoisotopic (exact) mass is 454 g/mol. The van der Waals surface area contributed by atoms with E-state index in [2.05, 4.69) is 17.4 Å². The van der Waals surface area contributed by atoms with Crippen LogP contribution < -0.4 is 10.9 Å². The molecule has 0 unspecified atom stereocenters. The first-order valence-corrected chi connectivity index (χ1v) is 11.8. The van der Waals surface area contributed by atoms with Crippen molar-refractivity contribution in [1.82, 2.24) is 14.7 Å². The van der Waals surface area contributed by atoms with Crippen LogP contribution in [0.5, 0.6) is 0 Å². The third-order valence-electron chi connectivity index (χ3n) is 4.71. The summed E-state index contributed by atoms with van der Waals surface area (Å²) >= 11 is 2.77. The smallest absolute Gasteiger partial charge is 0.262 e. The van der Waals surface area contributed by atoms with Crippen molar-refractivity contribution in [1.29, 1.82) is 0 Å². The van der Waals surface area contributed by atoms with Gasteiger partial charge in [-0.25, -0.2) is 4.98 Å². The highest BCUT2D eigenvalue weighted by Gasteiger charge is 2.16. The van der Waals surface area contributed by atoms with Gasteiger partial charge in [-0.3, -0.25) is 19.5 Å². The summed E-state index contributed by atoms with van der Waals surface area (Å²) in [6.07, 6.45) is 1.56. The lowest BCUT2D eigenvalue weighted by atomic mass is 10.1. The molecule has 0 atom stereocenters. The molecule has 0 spiro atoms. The van der Waals surface area contributed by atoms with E-state index in [1.54, 1.807) is 17.6 Å². The van der Waals surface area contributed by atoms with Crippen molar-refractivity contribution in [2.75, 3.05) is 11.1 Å². The SMILES string of the molecule is CCc1cc2c(=O)n(CCc3ccccc3)c(SCC(=O)Nc3cc(C)no3)nc2s1. The largest absolute Gasteiger partial charge is 0.338 e. The van der Waals surface area contributed by atoms with Gasteiger partial charge < -0.3 is 4.52 Å². The number of aromatic nitrogens is 3. The Labute approximate surface area is 187 Å². The van der Waals surface area contributed by atoms with Crippen LogP contribution in [0.3, 0.4) is 0 Å². The van der Waals surface area contributed by atoms with E-state index in [0.29, 0.717) is 39.9 Å². The second-order valence-electron chi connectivity index (χ2n) is 7.04. The number of thiophene rings is 1. The lowest BCUT2D eigenvalue weighted by Crippen LogP contribution is -2.24. The van der Waals surface area contributed by atoms with Crippen LogP contribution >= 0.6 is 23.1 Å². The molecular weight excluding hydrogens is 432 g/mol. The number of amides is 1. The molecule has 0 radical (unpaired) electrons. The molecule has 0 aliphatic heterocycles. The maximum atomic E-state index is 13.2. The highest BCUT2D eigenvalue weighted by Crippen LogP contribution is 2.25. The summed E-state index contributed by atoms with van der Waals surface area (Å²) in [7, 11) is 0. The summed E-state index contributed by atoms with van der Waals surface area (Å²) in [5, 5.41) is 7.62. The Balaban J connectivity index is 1.58. The van der Waals surface area contributed by atoms with Gasteiger partial charge >= 0.3 is 0 Å². The van der Waals surface area contributed by atoms with Crippen LogP contribution in [0.1, 0.15) is 23.1 Å². The summed E-state index contributed by atoms with van der Waals surface area (Å²) in [5.74, 6) is 0.166. The Morgan fingerprint density at radius 3 is 2.77 bits per heavy atom. The molecule has 0 aliphatic carbocycles. The van der Waals surface area contributed by atoms with E-state index in [-0.39, 0.29) is 17.2 Å². The standard InChI is InChI=1S/C22H22N4O3S2/c1-3-16-12-17-20(31-16)24-22(30-13-18(27)23-19-11-14(2)25-29-19)26(21(17)28)10-9-15-7-5-4-6-8-15/h4-8,11-12H,3,9-10,13H2,1-2H3,(H,23,27). The zero-order valence-electron chi connectivity index (χ0n) is 17.3. The summed E-state index contributed by atoms with van der Waals surface area (Å²) in [6.45, 7) is 4.34. The van der Waals surface area contributed by atoms with E-state index in [1.807, 2.05) is 36.4 Å². The summed E-state index contributed by atoms with van der Waals surface area (Å²) in [6, 6.07) is 13.6. The van der Waals surface area contributed by atoms with Gasteiger partial charge in [0.05, 0.1) is 16.8 Å². The molecule has 0 bridgehead atoms. The fourth-order valence-corrected chi connectivity index (χ4v) is 4.97. The van der Waals surface area contributed by atoms with Crippen LogP contribution in [-0.2, 0) is 24.2 Å². The summed E-state index contributed by atoms with van der Waals surface area (Å²) in [4.78, 5) is 32.1. The number of hydrogen-bond donors (Lipinski definition) is 1. The van der Waals surface area contributed by atoms with Crippen molar-refractivity contribution in [3.63, 3.8) is 0 Å². The van der Waals surface area contributed by atoms with Gasteiger partial charge in [-0.05, 0) is 31.4 Å². The predicted octanol–water partition coefficient (Wildman–Crippen LogP) is 4.29. The maximum absolute atomic E-state index is 13.2. The van der Waals surface area contributed by atoms with Gasteiger partial charge in [0.25, 0.3) is 5.56 Å². The van der Waals surface area contributed by atoms with Crippen molar-refractivity contribution >= 4 is 45.1 Å². The molecule has 3 aromatic heterocycles. The van der Waals surface area contributed by atoms with E-state index in [9.17, 15) is 9.59 Å². The van der Waals surface area contributed by atoms with Crippen molar-refractivity contribution in [3.05, 3.63) is 69.0 Å². The zero-order chi connectivity index (χ0) is 21.8. The fraction of sp³-hybridized carbons (Fsp3) is 0.273. The number of carbonyl (C=O) groups excluding carboxylic acids is 1. The van der Waals surface area contributed by atoms with Crippen LogP contribution in [0.15, 0.2) is 56.9 Å². The Hall–Kier alpha value is -2.91. The molecule has 31 heavy (non-hydrogen) atoms. The average molecular weight is 455 g/mol. The highest BCUT2D eigenvalue weighted by atomic mass is 32.2. The Bertz CT molecular complexity index is 1260. The van der Waals surface area contributed by atoms with Crippen molar-refractivity contribution in [2.45, 2.75) is 38.4 Å². The number of rotatable bonds is 8. The number of nitrogens with one attached hydrogen (secondary N) is 1. The van der Waals surface area contributed by atoms with Gasteiger partial charge in [-0.1, -0.05) is 54.2 Å². The summed E-state index contributed by atoms with van der Waals surface area (Å²) < 4.78 is 6.71. The number of aryl methyl sites for hydroxylation is 3. The van der Waals surface area contributed by atoms with Gasteiger partial charge in [-0.2, -0.15) is 0 Å². The third kappa shape index (κ3) is 5.05. The Morgan fingerprint density at radius 2 is 2.06 bits per heavy atom. The minimum atomic E-state index is -0.245. The molecule has 1 aromatic carbocycles. The number of anilines is 1. The van der Waals surface area contributed by atoms with Gasteiger partial charge in [0.15, 0.2) is 5.16 Å². The van der Waals surface area contributed by atoms with Gasteiger partial charge in [0, 0.05) is 17.5 Å². The minimum Gasteiger partial charge on any atom is -0.338 e. The quantitative estimate of drug-likeness (QED) is 0.316. The van der Waals surface area contributed by atoms with E-state index in [0.717, 1.165) is 16.9 Å². The first-order chi connectivity index (χ1) is 15.0. The summed E-state index contributed by atoms with van der Waals surface area (Å²) in [5.41, 5.74) is 1.77. The van der Waals surface area contributed by atoms with Crippen LogP contribution in [-0.4, -0.2) is 26.4 Å². The number of benzene rings is 1. The minimum absolute atomic E-state index is 0.0642. The number of hydrogen-bond acceptors (Lipinski definition) is 7. The molecule has 4 rings (SSSR count). The molecule has 0 saturated heterocycles. The number of thioether (sulfide) groups is 1. The maximum Gasteiger partial charge on any atom is 0.262 e. The first-order valence-electron chi connectivity index (χ1n) is 9.96. The Morgan fingerprint density at radius 1 is 1.26 bits per heavy atom. The van der Waals surface area contributed by atoms with Gasteiger partial charge in [0.2, 0.25) is 11.8 Å². The lowest BCUT2D eigenvalue weighted by Gasteiger charge is -2.12. The zero-order valence-corrected chi connectivity index (χ0v) is 18.9. The molecular formula is C22H22N4O3S2. The molecule has 0 saturated carbocycles. The molecule has 1 amide bonds. The second-order valence-corrected chi connectivity index (χ2v) is 9.10. The second kappa shape index (κ2) is 9.49. The van der Waals surface area contributed by atoms with E-state index in [4.69, 9.17) is 9.51 Å². The van der Waals surface area contributed by atoms with Crippen LogP contribution in [0.25, 0.3) is 10.2 Å². The van der Waals surface area contributed by atoms with Crippen LogP contribution in [0.2, 0.25) is 0 Å². The lowest BCUT2D eigenvalue weighted by molar-refractivity contribution is -0.113.